The van der Waals surface area contributed by atoms with E-state index in [1.807, 2.05) is 0 Å². The van der Waals surface area contributed by atoms with E-state index >= 15 is 0 Å². The first-order valence-electron chi connectivity index (χ1n) is 7.68. The summed E-state index contributed by atoms with van der Waals surface area (Å²) in [5, 5.41) is 1.88. The third-order valence-electron chi connectivity index (χ3n) is 4.44. The van der Waals surface area contributed by atoms with Crippen molar-refractivity contribution in [3.8, 4) is 0 Å². The molecular weight excluding hydrogens is 401 g/mol. The Hall–Kier alpha value is 0.602. The van der Waals surface area contributed by atoms with E-state index in [2.05, 4.69) is 114 Å². The summed E-state index contributed by atoms with van der Waals surface area (Å²) in [5.74, 6) is 0. The van der Waals surface area contributed by atoms with Gasteiger partial charge >= 0.3 is 27.7 Å². The van der Waals surface area contributed by atoms with Crippen LogP contribution in [0.3, 0.4) is 0 Å². The molecule has 0 nitrogen and oxygen atoms in total. The molecule has 0 aliphatic rings. The van der Waals surface area contributed by atoms with Crippen LogP contribution >= 0.6 is 16.8 Å². The average Bonchev–Trinajstić information content (AvgIpc) is 2.36. The van der Waals surface area contributed by atoms with Gasteiger partial charge in [-0.3, -0.25) is 0 Å². The Bertz CT molecular complexity index is 461. The molecule has 0 amide bonds. The maximum absolute atomic E-state index is 4.82. The van der Waals surface area contributed by atoms with Gasteiger partial charge in [0, 0.05) is 0 Å². The summed E-state index contributed by atoms with van der Waals surface area (Å²) in [4.78, 5) is 0. The van der Waals surface area contributed by atoms with Crippen LogP contribution in [0, 0.1) is 6.66 Å². The second kappa shape index (κ2) is 7.66. The van der Waals surface area contributed by atoms with Gasteiger partial charge in [-0.15, -0.1) is 0 Å². The average molecular weight is 434 g/mol. The van der Waals surface area contributed by atoms with Crippen molar-refractivity contribution in [1.29, 1.82) is 0 Å². The van der Waals surface area contributed by atoms with Gasteiger partial charge in [0.05, 0.1) is 15.6 Å². The summed E-state index contributed by atoms with van der Waals surface area (Å²) in [6.45, 7) is 25.8. The van der Waals surface area contributed by atoms with Gasteiger partial charge in [0.25, 0.3) is 0 Å². The van der Waals surface area contributed by atoms with Crippen molar-refractivity contribution in [2.45, 2.75) is 78.0 Å². The topological polar surface area (TPSA) is 0 Å². The van der Waals surface area contributed by atoms with Gasteiger partial charge in [-0.05, 0) is 64.7 Å². The van der Waals surface area contributed by atoms with Gasteiger partial charge in [0.2, 0.25) is 0 Å². The molecule has 0 saturated carbocycles. The SMILES string of the molecule is [CH2-][P+](c1cccc(C(C)(C)C)c1)(C(C)(C)C)C(C)(C)C.[Cl][Pd+]. The Morgan fingerprint density at radius 2 is 1.27 bits per heavy atom. The summed E-state index contributed by atoms with van der Waals surface area (Å²) in [7, 11) is 2.95. The number of hydrogen-bond acceptors (Lipinski definition) is 0. The molecule has 0 heterocycles. The first-order chi connectivity index (χ1) is 9.71. The Labute approximate surface area is 154 Å². The summed E-state index contributed by atoms with van der Waals surface area (Å²) >= 11 is 2.22. The molecule has 0 fully saturated rings. The zero-order chi connectivity index (χ0) is 18.0. The van der Waals surface area contributed by atoms with Crippen LogP contribution in [0.1, 0.15) is 67.9 Å². The van der Waals surface area contributed by atoms with E-state index in [-0.39, 0.29) is 15.7 Å². The Morgan fingerprint density at radius 1 is 0.864 bits per heavy atom. The fourth-order valence-corrected chi connectivity index (χ4v) is 7.25. The first kappa shape index (κ1) is 22.6. The number of rotatable bonds is 1. The zero-order valence-corrected chi connectivity index (χ0v) is 18.9. The second-order valence-electron chi connectivity index (χ2n) is 8.95. The van der Waals surface area contributed by atoms with E-state index in [0.717, 1.165) is 0 Å². The third kappa shape index (κ3) is 4.80. The van der Waals surface area contributed by atoms with Crippen LogP contribution in [0.4, 0.5) is 0 Å². The quantitative estimate of drug-likeness (QED) is 0.262. The number of benzene rings is 1. The van der Waals surface area contributed by atoms with E-state index in [1.54, 1.807) is 0 Å². The standard InChI is InChI=1S/C19H33P.ClH.Pd/c1-17(2,3)15-12-11-13-16(14-15)20(10,18(4,5)6)19(7,8)9;;/h11-14H,10H2,1-9H3;1H;/q;;+2/p-1. The summed E-state index contributed by atoms with van der Waals surface area (Å²) in [5.41, 5.74) is 1.60. The van der Waals surface area contributed by atoms with Gasteiger partial charge in [-0.1, -0.05) is 40.2 Å². The van der Waals surface area contributed by atoms with Crippen LogP contribution in [-0.2, 0) is 23.6 Å². The minimum atomic E-state index is -1.54. The van der Waals surface area contributed by atoms with E-state index in [4.69, 9.17) is 6.66 Å². The summed E-state index contributed by atoms with van der Waals surface area (Å²) in [6, 6.07) is 9.18. The van der Waals surface area contributed by atoms with Crippen LogP contribution in [0.5, 0.6) is 0 Å². The predicted octanol–water partition coefficient (Wildman–Crippen LogP) is 6.70. The fourth-order valence-electron chi connectivity index (χ4n) is 2.99. The van der Waals surface area contributed by atoms with Gasteiger partial charge in [0.1, 0.15) is 0 Å². The molecule has 0 aliphatic heterocycles. The van der Waals surface area contributed by atoms with Crippen molar-refractivity contribution >= 4 is 22.1 Å². The van der Waals surface area contributed by atoms with Crippen molar-refractivity contribution in [3.63, 3.8) is 0 Å². The molecule has 1 rings (SSSR count). The van der Waals surface area contributed by atoms with Crippen LogP contribution in [0.2, 0.25) is 0 Å². The summed E-state index contributed by atoms with van der Waals surface area (Å²) < 4.78 is 0. The molecule has 0 radical (unpaired) electrons. The van der Waals surface area contributed by atoms with Crippen LogP contribution < -0.4 is 5.30 Å². The molecule has 0 saturated heterocycles. The fraction of sp³-hybridized carbons (Fsp3) is 0.632. The van der Waals surface area contributed by atoms with Crippen molar-refractivity contribution < 1.29 is 18.2 Å². The molecule has 130 valence electrons. The third-order valence-corrected chi connectivity index (χ3v) is 10.2. The van der Waals surface area contributed by atoms with Crippen LogP contribution in [0.25, 0.3) is 0 Å². The van der Waals surface area contributed by atoms with E-state index < -0.39 is 7.26 Å². The number of hydrogen-bond donors (Lipinski definition) is 0. The van der Waals surface area contributed by atoms with E-state index in [9.17, 15) is 0 Å². The van der Waals surface area contributed by atoms with Gasteiger partial charge < -0.3 is 0 Å². The molecule has 0 N–H and O–H groups in total. The van der Waals surface area contributed by atoms with Crippen LogP contribution in [-0.4, -0.2) is 10.3 Å². The van der Waals surface area contributed by atoms with Crippen LogP contribution in [0.15, 0.2) is 24.3 Å². The Morgan fingerprint density at radius 3 is 1.59 bits per heavy atom. The molecule has 1 aromatic carbocycles. The molecule has 0 unspecified atom stereocenters. The molecule has 0 aromatic heterocycles. The molecule has 1 aromatic rings. The molecule has 3 heteroatoms. The Balaban J connectivity index is 0.00000211. The van der Waals surface area contributed by atoms with E-state index in [0.29, 0.717) is 0 Å². The van der Waals surface area contributed by atoms with Crippen molar-refractivity contribution in [1.82, 2.24) is 0 Å². The van der Waals surface area contributed by atoms with Crippen molar-refractivity contribution in [2.24, 2.45) is 0 Å². The summed E-state index contributed by atoms with van der Waals surface area (Å²) in [6.07, 6.45) is 0. The molecule has 0 atom stereocenters. The number of halogens is 1. The molecule has 0 aliphatic carbocycles. The van der Waals surface area contributed by atoms with Crippen molar-refractivity contribution in [2.75, 3.05) is 0 Å². The molecule has 0 bridgehead atoms. The van der Waals surface area contributed by atoms with E-state index in [1.165, 1.54) is 10.9 Å². The monoisotopic (exact) mass is 433 g/mol. The van der Waals surface area contributed by atoms with Gasteiger partial charge in [-0.2, -0.15) is 6.66 Å². The molecular formula is C19H33ClPPd+. The predicted molar refractivity (Wildman–Crippen MR) is 102 cm³/mol. The zero-order valence-electron chi connectivity index (χ0n) is 15.7. The Kier molecular flexibility index (Phi) is 7.87. The van der Waals surface area contributed by atoms with Crippen molar-refractivity contribution in [3.05, 3.63) is 36.5 Å². The first-order valence-corrected chi connectivity index (χ1v) is 11.7. The van der Waals surface area contributed by atoms with Gasteiger partial charge in [-0.25, -0.2) is 0 Å². The molecule has 22 heavy (non-hydrogen) atoms. The second-order valence-corrected chi connectivity index (χ2v) is 13.8. The normalized spacial score (nSPS) is 13.5. The maximum atomic E-state index is 4.82. The minimum absolute atomic E-state index is 0.191. The van der Waals surface area contributed by atoms with Gasteiger partial charge in [0.15, 0.2) is 0 Å². The molecule has 0 spiro atoms.